The Morgan fingerprint density at radius 2 is 1.83 bits per heavy atom. The van der Waals surface area contributed by atoms with Crippen molar-refractivity contribution in [3.8, 4) is 22.9 Å². The van der Waals surface area contributed by atoms with E-state index in [0.29, 0.717) is 17.7 Å². The third kappa shape index (κ3) is 3.82. The van der Waals surface area contributed by atoms with E-state index in [9.17, 15) is 0 Å². The fraction of sp³-hybridized carbons (Fsp3) is 0.273. The second-order valence-electron chi connectivity index (χ2n) is 7.21. The van der Waals surface area contributed by atoms with Crippen LogP contribution in [0.2, 0.25) is 0 Å². The zero-order valence-corrected chi connectivity index (χ0v) is 17.5. The second kappa shape index (κ2) is 7.95. The minimum absolute atomic E-state index is 0.0665. The molecule has 0 unspecified atom stereocenters. The van der Waals surface area contributed by atoms with E-state index < -0.39 is 0 Å². The van der Waals surface area contributed by atoms with E-state index in [0.717, 1.165) is 28.0 Å². The zero-order chi connectivity index (χ0) is 20.5. The summed E-state index contributed by atoms with van der Waals surface area (Å²) in [5.74, 6) is 3.35. The van der Waals surface area contributed by atoms with Gasteiger partial charge in [0.15, 0.2) is 0 Å². The average Bonchev–Trinajstić information content (AvgIpc) is 3.36. The molecule has 5 rings (SSSR count). The number of thioether (sulfide) groups is 1. The molecule has 1 saturated carbocycles. The Bertz CT molecular complexity index is 1140. The van der Waals surface area contributed by atoms with E-state index >= 15 is 0 Å². The number of benzene rings is 2. The van der Waals surface area contributed by atoms with E-state index in [-0.39, 0.29) is 5.25 Å². The Morgan fingerprint density at radius 1 is 1.07 bits per heavy atom. The Hall–Kier alpha value is -3.13. The number of para-hydroxylation sites is 1. The van der Waals surface area contributed by atoms with Crippen molar-refractivity contribution in [1.82, 2.24) is 25.0 Å². The molecule has 7 nitrogen and oxygen atoms in total. The molecular weight excluding hydrogens is 398 g/mol. The first-order valence-corrected chi connectivity index (χ1v) is 10.8. The van der Waals surface area contributed by atoms with Gasteiger partial charge in [-0.1, -0.05) is 30.0 Å². The molecular formula is C22H21N5O2S. The summed E-state index contributed by atoms with van der Waals surface area (Å²) in [6.07, 6.45) is 2.33. The van der Waals surface area contributed by atoms with Crippen molar-refractivity contribution in [2.75, 3.05) is 7.11 Å². The predicted octanol–water partition coefficient (Wildman–Crippen LogP) is 5.06. The van der Waals surface area contributed by atoms with Gasteiger partial charge in [-0.05, 0) is 56.2 Å². The Balaban J connectivity index is 1.35. The highest BCUT2D eigenvalue weighted by Crippen LogP contribution is 2.42. The Labute approximate surface area is 178 Å². The molecule has 2 aromatic heterocycles. The standard InChI is InChI=1S/C22H21N5O2S/c1-14(20-24-25-21(29-20)16-10-12-18(28-2)13-11-16)30-22-23-19(15-8-9-15)27(26-22)17-6-4-3-5-7-17/h3-7,10-15H,8-9H2,1-2H3/t14-/m0/s1. The minimum Gasteiger partial charge on any atom is -0.497 e. The number of hydrogen-bond acceptors (Lipinski definition) is 7. The van der Waals surface area contributed by atoms with Gasteiger partial charge in [0.25, 0.3) is 0 Å². The van der Waals surface area contributed by atoms with E-state index in [1.165, 1.54) is 24.6 Å². The summed E-state index contributed by atoms with van der Waals surface area (Å²) >= 11 is 1.53. The molecule has 2 aromatic carbocycles. The van der Waals surface area contributed by atoms with Crippen molar-refractivity contribution >= 4 is 11.8 Å². The van der Waals surface area contributed by atoms with Crippen LogP contribution in [0.25, 0.3) is 17.1 Å². The van der Waals surface area contributed by atoms with E-state index in [1.54, 1.807) is 7.11 Å². The Kier molecular flexibility index (Phi) is 5.00. The molecule has 4 aromatic rings. The highest BCUT2D eigenvalue weighted by Gasteiger charge is 2.31. The highest BCUT2D eigenvalue weighted by atomic mass is 32.2. The summed E-state index contributed by atoms with van der Waals surface area (Å²) in [6, 6.07) is 17.7. The monoisotopic (exact) mass is 419 g/mol. The summed E-state index contributed by atoms with van der Waals surface area (Å²) in [7, 11) is 1.64. The molecule has 0 amide bonds. The summed E-state index contributed by atoms with van der Waals surface area (Å²) in [6.45, 7) is 2.02. The van der Waals surface area contributed by atoms with Crippen LogP contribution in [-0.2, 0) is 0 Å². The maximum atomic E-state index is 5.91. The van der Waals surface area contributed by atoms with E-state index in [1.807, 2.05) is 54.1 Å². The lowest BCUT2D eigenvalue weighted by Gasteiger charge is -2.04. The summed E-state index contributed by atoms with van der Waals surface area (Å²) in [5, 5.41) is 13.8. The lowest BCUT2D eigenvalue weighted by molar-refractivity contribution is 0.415. The van der Waals surface area contributed by atoms with Gasteiger partial charge in [0.05, 0.1) is 18.0 Å². The van der Waals surface area contributed by atoms with Crippen molar-refractivity contribution in [3.05, 3.63) is 66.3 Å². The number of ether oxygens (including phenoxy) is 1. The van der Waals surface area contributed by atoms with E-state index in [4.69, 9.17) is 19.2 Å². The third-order valence-electron chi connectivity index (χ3n) is 4.96. The first kappa shape index (κ1) is 18.9. The molecule has 152 valence electrons. The van der Waals surface area contributed by atoms with Crippen LogP contribution >= 0.6 is 11.8 Å². The maximum absolute atomic E-state index is 5.91. The van der Waals surface area contributed by atoms with Crippen LogP contribution in [0.5, 0.6) is 5.75 Å². The maximum Gasteiger partial charge on any atom is 0.247 e. The zero-order valence-electron chi connectivity index (χ0n) is 16.7. The van der Waals surface area contributed by atoms with Crippen LogP contribution < -0.4 is 4.74 Å². The normalized spacial score (nSPS) is 14.6. The van der Waals surface area contributed by atoms with Gasteiger partial charge >= 0.3 is 0 Å². The first-order chi connectivity index (χ1) is 14.7. The first-order valence-electron chi connectivity index (χ1n) is 9.88. The van der Waals surface area contributed by atoms with Crippen molar-refractivity contribution in [3.63, 3.8) is 0 Å². The van der Waals surface area contributed by atoms with Crippen molar-refractivity contribution in [2.24, 2.45) is 0 Å². The van der Waals surface area contributed by atoms with Crippen LogP contribution in [0.3, 0.4) is 0 Å². The second-order valence-corrected chi connectivity index (χ2v) is 8.52. The molecule has 2 heterocycles. The number of hydrogen-bond donors (Lipinski definition) is 0. The quantitative estimate of drug-likeness (QED) is 0.388. The summed E-state index contributed by atoms with van der Waals surface area (Å²) < 4.78 is 13.1. The van der Waals surface area contributed by atoms with Crippen molar-refractivity contribution < 1.29 is 9.15 Å². The van der Waals surface area contributed by atoms with Gasteiger partial charge in [-0.25, -0.2) is 9.67 Å². The molecule has 1 aliphatic rings. The topological polar surface area (TPSA) is 78.9 Å². The summed E-state index contributed by atoms with van der Waals surface area (Å²) in [4.78, 5) is 4.81. The van der Waals surface area contributed by atoms with Crippen LogP contribution in [0.15, 0.2) is 64.2 Å². The van der Waals surface area contributed by atoms with Crippen molar-refractivity contribution in [2.45, 2.75) is 36.1 Å². The van der Waals surface area contributed by atoms with Gasteiger partial charge in [-0.2, -0.15) is 0 Å². The molecule has 30 heavy (non-hydrogen) atoms. The van der Waals surface area contributed by atoms with Gasteiger partial charge in [-0.3, -0.25) is 0 Å². The molecule has 0 aliphatic heterocycles. The van der Waals surface area contributed by atoms with E-state index in [2.05, 4.69) is 22.3 Å². The average molecular weight is 420 g/mol. The molecule has 0 radical (unpaired) electrons. The molecule has 0 N–H and O–H groups in total. The third-order valence-corrected chi connectivity index (χ3v) is 5.90. The smallest absolute Gasteiger partial charge is 0.247 e. The molecule has 0 spiro atoms. The SMILES string of the molecule is COc1ccc(-c2nnc([C@H](C)Sc3nc(C4CC4)n(-c4ccccc4)n3)o2)cc1. The van der Waals surface area contributed by atoms with Gasteiger partial charge in [-0.15, -0.1) is 15.3 Å². The molecule has 0 saturated heterocycles. The summed E-state index contributed by atoms with van der Waals surface area (Å²) in [5.41, 5.74) is 1.89. The fourth-order valence-electron chi connectivity index (χ4n) is 3.18. The molecule has 8 heteroatoms. The van der Waals surface area contributed by atoms with Crippen molar-refractivity contribution in [1.29, 1.82) is 0 Å². The predicted molar refractivity (Wildman–Crippen MR) is 114 cm³/mol. The van der Waals surface area contributed by atoms with Gasteiger partial charge in [0, 0.05) is 11.5 Å². The van der Waals surface area contributed by atoms with Crippen LogP contribution in [0.4, 0.5) is 0 Å². The molecule has 1 aliphatic carbocycles. The number of nitrogens with zero attached hydrogens (tertiary/aromatic N) is 5. The highest BCUT2D eigenvalue weighted by molar-refractivity contribution is 7.99. The molecule has 1 fully saturated rings. The van der Waals surface area contributed by atoms with Gasteiger partial charge < -0.3 is 9.15 Å². The number of rotatable bonds is 7. The largest absolute Gasteiger partial charge is 0.497 e. The molecule has 0 bridgehead atoms. The molecule has 1 atom stereocenters. The van der Waals surface area contributed by atoms with Crippen LogP contribution in [0.1, 0.15) is 42.6 Å². The van der Waals surface area contributed by atoms with Gasteiger partial charge in [0.1, 0.15) is 11.6 Å². The number of aromatic nitrogens is 5. The minimum atomic E-state index is -0.0665. The van der Waals surface area contributed by atoms with Crippen LogP contribution in [0, 0.1) is 0 Å². The lowest BCUT2D eigenvalue weighted by Crippen LogP contribution is -2.01. The Morgan fingerprint density at radius 3 is 2.53 bits per heavy atom. The van der Waals surface area contributed by atoms with Gasteiger partial charge in [0.2, 0.25) is 16.9 Å². The number of methoxy groups -OCH3 is 1. The lowest BCUT2D eigenvalue weighted by atomic mass is 10.2. The van der Waals surface area contributed by atoms with Crippen LogP contribution in [-0.4, -0.2) is 32.1 Å². The fourth-order valence-corrected chi connectivity index (χ4v) is 3.96.